The number of rotatable bonds is 7. The summed E-state index contributed by atoms with van der Waals surface area (Å²) in [7, 11) is 1.83. The maximum absolute atomic E-state index is 14.6. The third-order valence-corrected chi connectivity index (χ3v) is 5.17. The van der Waals surface area contributed by atoms with E-state index in [4.69, 9.17) is 6.42 Å². The van der Waals surface area contributed by atoms with Crippen molar-refractivity contribution in [3.63, 3.8) is 0 Å². The number of terminal acetylenes is 1. The maximum atomic E-state index is 14.6. The highest BCUT2D eigenvalue weighted by Crippen LogP contribution is 2.32. The van der Waals surface area contributed by atoms with Crippen LogP contribution in [0.25, 0.3) is 0 Å². The zero-order valence-corrected chi connectivity index (χ0v) is 16.3. The predicted octanol–water partition coefficient (Wildman–Crippen LogP) is 2.95. The normalized spacial score (nSPS) is 14.4. The van der Waals surface area contributed by atoms with Gasteiger partial charge in [0.15, 0.2) is 0 Å². The van der Waals surface area contributed by atoms with Crippen LogP contribution in [0.15, 0.2) is 55.1 Å². The molecule has 29 heavy (non-hydrogen) atoms. The third kappa shape index (κ3) is 4.50. The molecular weight excluding hydrogens is 374 g/mol. The number of hydrogen-bond donors (Lipinski definition) is 1. The fourth-order valence-corrected chi connectivity index (χ4v) is 3.34. The first-order valence-electron chi connectivity index (χ1n) is 9.09. The lowest BCUT2D eigenvalue weighted by Crippen LogP contribution is -2.50. The molecule has 3 aromatic rings. The quantitative estimate of drug-likeness (QED) is 0.624. The zero-order valence-electron chi connectivity index (χ0n) is 16.3. The number of aliphatic hydroxyl groups is 1. The van der Waals surface area contributed by atoms with Crippen molar-refractivity contribution < 1.29 is 13.9 Å². The first-order chi connectivity index (χ1) is 13.8. The van der Waals surface area contributed by atoms with E-state index in [-0.39, 0.29) is 12.1 Å². The molecule has 2 atom stereocenters. The highest BCUT2D eigenvalue weighted by atomic mass is 19.1. The summed E-state index contributed by atoms with van der Waals surface area (Å²) in [5.74, 6) is 1.05. The molecule has 5 nitrogen and oxygen atoms in total. The fourth-order valence-electron chi connectivity index (χ4n) is 3.34. The van der Waals surface area contributed by atoms with Gasteiger partial charge in [-0.15, -0.1) is 6.42 Å². The van der Waals surface area contributed by atoms with Gasteiger partial charge in [-0.25, -0.2) is 18.4 Å². The molecule has 0 unspecified atom stereocenters. The number of aromatic nitrogens is 3. The van der Waals surface area contributed by atoms with E-state index in [0.29, 0.717) is 6.54 Å². The molecule has 1 N–H and O–H groups in total. The Hall–Kier alpha value is -3.08. The van der Waals surface area contributed by atoms with Crippen molar-refractivity contribution in [2.24, 2.45) is 0 Å². The molecule has 1 heterocycles. The van der Waals surface area contributed by atoms with Crippen LogP contribution < -0.4 is 0 Å². The molecule has 0 saturated carbocycles. The molecule has 0 fully saturated rings. The Morgan fingerprint density at radius 3 is 2.55 bits per heavy atom. The second kappa shape index (κ2) is 8.52. The van der Waals surface area contributed by atoms with Crippen molar-refractivity contribution >= 4 is 0 Å². The summed E-state index contributed by atoms with van der Waals surface area (Å²) in [4.78, 5) is 5.78. The number of nitrogens with zero attached hydrogens (tertiary/aromatic N) is 4. The van der Waals surface area contributed by atoms with Crippen molar-refractivity contribution in [1.29, 1.82) is 0 Å². The van der Waals surface area contributed by atoms with E-state index >= 15 is 0 Å². The second-order valence-corrected chi connectivity index (χ2v) is 7.07. The van der Waals surface area contributed by atoms with E-state index < -0.39 is 23.3 Å². The molecule has 7 heteroatoms. The van der Waals surface area contributed by atoms with Crippen LogP contribution in [-0.2, 0) is 18.7 Å². The monoisotopic (exact) mass is 396 g/mol. The van der Waals surface area contributed by atoms with E-state index in [2.05, 4.69) is 16.0 Å². The molecule has 3 rings (SSSR count). The Bertz CT molecular complexity index is 999. The minimum atomic E-state index is -1.68. The minimum absolute atomic E-state index is 0.00331. The van der Waals surface area contributed by atoms with Crippen molar-refractivity contribution in [2.45, 2.75) is 31.7 Å². The first-order valence-corrected chi connectivity index (χ1v) is 9.09. The van der Waals surface area contributed by atoms with Gasteiger partial charge < -0.3 is 5.11 Å². The molecular formula is C22H22F2N4O. The van der Waals surface area contributed by atoms with Gasteiger partial charge in [-0.05, 0) is 37.7 Å². The van der Waals surface area contributed by atoms with E-state index in [9.17, 15) is 13.9 Å². The lowest BCUT2D eigenvalue weighted by Gasteiger charge is -2.40. The lowest BCUT2D eigenvalue weighted by molar-refractivity contribution is -0.0591. The van der Waals surface area contributed by atoms with Crippen molar-refractivity contribution in [3.8, 4) is 12.3 Å². The smallest absolute Gasteiger partial charge is 0.137 e. The molecule has 0 aliphatic heterocycles. The van der Waals surface area contributed by atoms with E-state index in [1.807, 2.05) is 36.2 Å². The van der Waals surface area contributed by atoms with Gasteiger partial charge in [0.1, 0.15) is 29.9 Å². The Kier molecular flexibility index (Phi) is 6.06. The largest absolute Gasteiger partial charge is 0.381 e. The minimum Gasteiger partial charge on any atom is -0.381 e. The van der Waals surface area contributed by atoms with Crippen LogP contribution in [0.2, 0.25) is 0 Å². The van der Waals surface area contributed by atoms with Gasteiger partial charge in [0.25, 0.3) is 0 Å². The summed E-state index contributed by atoms with van der Waals surface area (Å²) in [5, 5.41) is 15.6. The summed E-state index contributed by atoms with van der Waals surface area (Å²) in [6, 6.07) is 10.1. The average Bonchev–Trinajstić information content (AvgIpc) is 3.20. The summed E-state index contributed by atoms with van der Waals surface area (Å²) in [6.07, 6.45) is 8.17. The second-order valence-electron chi connectivity index (χ2n) is 7.07. The molecule has 0 saturated heterocycles. The standard InChI is InChI=1S/C22H22F2N4O/c1-4-17-5-7-18(8-6-17)12-27(3)16(2)22(29,13-28-15-25-14-26-28)20-10-9-19(23)11-21(20)24/h1,5-11,14-16,29H,12-13H2,2-3H3/t16-,22-/m1/s1. The highest BCUT2D eigenvalue weighted by Gasteiger charge is 2.41. The molecule has 0 amide bonds. The Labute approximate surface area is 168 Å². The Balaban J connectivity index is 1.92. The van der Waals surface area contributed by atoms with Gasteiger partial charge in [-0.1, -0.05) is 24.1 Å². The van der Waals surface area contributed by atoms with Crippen LogP contribution in [-0.4, -0.2) is 37.9 Å². The number of halogens is 2. The lowest BCUT2D eigenvalue weighted by atomic mass is 9.85. The highest BCUT2D eigenvalue weighted by molar-refractivity contribution is 5.34. The molecule has 0 aliphatic rings. The molecule has 0 spiro atoms. The Morgan fingerprint density at radius 1 is 1.24 bits per heavy atom. The third-order valence-electron chi connectivity index (χ3n) is 5.17. The van der Waals surface area contributed by atoms with Crippen LogP contribution in [0.5, 0.6) is 0 Å². The van der Waals surface area contributed by atoms with Gasteiger partial charge >= 0.3 is 0 Å². The average molecular weight is 396 g/mol. The van der Waals surface area contributed by atoms with E-state index in [1.54, 1.807) is 6.92 Å². The summed E-state index contributed by atoms with van der Waals surface area (Å²) in [6.45, 7) is 2.24. The van der Waals surface area contributed by atoms with Crippen LogP contribution >= 0.6 is 0 Å². The van der Waals surface area contributed by atoms with Crippen LogP contribution in [0.3, 0.4) is 0 Å². The molecule has 0 radical (unpaired) electrons. The van der Waals surface area contributed by atoms with E-state index in [1.165, 1.54) is 23.4 Å². The van der Waals surface area contributed by atoms with Crippen molar-refractivity contribution in [2.75, 3.05) is 7.05 Å². The molecule has 0 bridgehead atoms. The van der Waals surface area contributed by atoms with Crippen molar-refractivity contribution in [3.05, 3.63) is 83.4 Å². The number of hydrogen-bond acceptors (Lipinski definition) is 4. The van der Waals surface area contributed by atoms with Gasteiger partial charge in [-0.3, -0.25) is 4.90 Å². The van der Waals surface area contributed by atoms with Crippen LogP contribution in [0.1, 0.15) is 23.6 Å². The fraction of sp³-hybridized carbons (Fsp3) is 0.273. The zero-order chi connectivity index (χ0) is 21.0. The molecule has 2 aromatic carbocycles. The van der Waals surface area contributed by atoms with Gasteiger partial charge in [0.2, 0.25) is 0 Å². The van der Waals surface area contributed by atoms with Gasteiger partial charge in [0.05, 0.1) is 6.54 Å². The number of benzene rings is 2. The number of likely N-dealkylation sites (N-methyl/N-ethyl adjacent to an activating group) is 1. The SMILES string of the molecule is C#Cc1ccc(CN(C)[C@H](C)[C@](O)(Cn2cncn2)c2ccc(F)cc2F)cc1. The molecule has 1 aromatic heterocycles. The van der Waals surface area contributed by atoms with Crippen LogP contribution in [0.4, 0.5) is 8.78 Å². The van der Waals surface area contributed by atoms with Crippen LogP contribution in [0, 0.1) is 24.0 Å². The summed E-state index contributed by atoms with van der Waals surface area (Å²) < 4.78 is 29.5. The summed E-state index contributed by atoms with van der Waals surface area (Å²) >= 11 is 0. The maximum Gasteiger partial charge on any atom is 0.137 e. The van der Waals surface area contributed by atoms with Gasteiger partial charge in [0, 0.05) is 29.8 Å². The van der Waals surface area contributed by atoms with E-state index in [0.717, 1.165) is 23.3 Å². The first kappa shape index (κ1) is 20.6. The van der Waals surface area contributed by atoms with Gasteiger partial charge in [-0.2, -0.15) is 5.10 Å². The molecule has 150 valence electrons. The molecule has 0 aliphatic carbocycles. The Morgan fingerprint density at radius 2 is 1.97 bits per heavy atom. The predicted molar refractivity (Wildman–Crippen MR) is 106 cm³/mol. The van der Waals surface area contributed by atoms with Crippen molar-refractivity contribution in [1.82, 2.24) is 19.7 Å². The topological polar surface area (TPSA) is 54.2 Å². The summed E-state index contributed by atoms with van der Waals surface area (Å²) in [5.41, 5.74) is 0.0805.